The predicted octanol–water partition coefficient (Wildman–Crippen LogP) is 4.20. The van der Waals surface area contributed by atoms with Gasteiger partial charge in [-0.05, 0) is 39.2 Å². The van der Waals surface area contributed by atoms with Crippen LogP contribution in [0, 0.1) is 5.92 Å². The first-order valence-electron chi connectivity index (χ1n) is 9.32. The Morgan fingerprint density at radius 1 is 1.35 bits per heavy atom. The molecule has 1 aromatic rings. The van der Waals surface area contributed by atoms with Gasteiger partial charge in [-0.2, -0.15) is 0 Å². The fraction of sp³-hybridized carbons (Fsp3) is 0.619. The van der Waals surface area contributed by atoms with Gasteiger partial charge < -0.3 is 9.47 Å². The molecular formula is C21H31NO4. The summed E-state index contributed by atoms with van der Waals surface area (Å²) in [5.41, 5.74) is -0.747. The van der Waals surface area contributed by atoms with Crippen LogP contribution in [0.1, 0.15) is 53.5 Å². The number of amides is 2. The molecule has 3 atom stereocenters. The molecule has 0 aliphatic carbocycles. The number of carbonyl (C=O) groups is 2. The minimum Gasteiger partial charge on any atom is -0.443 e. The average molecular weight is 361 g/mol. The summed E-state index contributed by atoms with van der Waals surface area (Å²) in [4.78, 5) is 27.4. The summed E-state index contributed by atoms with van der Waals surface area (Å²) >= 11 is 0. The Labute approximate surface area is 156 Å². The Morgan fingerprint density at radius 2 is 1.96 bits per heavy atom. The molecular weight excluding hydrogens is 330 g/mol. The molecule has 1 aliphatic rings. The van der Waals surface area contributed by atoms with Crippen LogP contribution in [0.15, 0.2) is 30.3 Å². The molecule has 0 unspecified atom stereocenters. The molecule has 0 N–H and O–H groups in total. The number of morpholine rings is 1. The van der Waals surface area contributed by atoms with Crippen molar-refractivity contribution < 1.29 is 19.1 Å². The Hall–Kier alpha value is -1.88. The highest BCUT2D eigenvalue weighted by Gasteiger charge is 2.50. The monoisotopic (exact) mass is 361 g/mol. The van der Waals surface area contributed by atoms with E-state index in [0.717, 1.165) is 12.0 Å². The normalized spacial score (nSPS) is 25.1. The summed E-state index contributed by atoms with van der Waals surface area (Å²) in [5, 5.41) is 0. The van der Waals surface area contributed by atoms with Crippen LogP contribution in [0.4, 0.5) is 4.79 Å². The molecule has 0 aromatic heterocycles. The molecule has 1 saturated heterocycles. The van der Waals surface area contributed by atoms with Crippen molar-refractivity contribution in [1.29, 1.82) is 0 Å². The van der Waals surface area contributed by atoms with E-state index >= 15 is 0 Å². The van der Waals surface area contributed by atoms with Crippen LogP contribution in [-0.4, -0.2) is 40.8 Å². The zero-order valence-corrected chi connectivity index (χ0v) is 16.7. The summed E-state index contributed by atoms with van der Waals surface area (Å²) < 4.78 is 11.6. The van der Waals surface area contributed by atoms with Crippen LogP contribution < -0.4 is 0 Å². The number of hydrogen-bond acceptors (Lipinski definition) is 4. The molecule has 0 saturated carbocycles. The minimum atomic E-state index is -1.08. The number of rotatable bonds is 4. The fourth-order valence-corrected chi connectivity index (χ4v) is 3.14. The van der Waals surface area contributed by atoms with Crippen LogP contribution in [-0.2, 0) is 20.7 Å². The molecule has 0 radical (unpaired) electrons. The van der Waals surface area contributed by atoms with E-state index in [1.165, 1.54) is 4.90 Å². The third kappa shape index (κ3) is 4.64. The summed E-state index contributed by atoms with van der Waals surface area (Å²) in [5.74, 6) is -0.195. The van der Waals surface area contributed by atoms with E-state index in [0.29, 0.717) is 13.0 Å². The molecule has 144 valence electrons. The SMILES string of the molecule is CC[C@H](C)[C@H]1CO[C@@](C)(Cc2ccccc2)C(=O)N1C(=O)OC(C)(C)C. The zero-order valence-electron chi connectivity index (χ0n) is 16.7. The van der Waals surface area contributed by atoms with E-state index in [9.17, 15) is 9.59 Å². The van der Waals surface area contributed by atoms with Gasteiger partial charge in [-0.1, -0.05) is 50.6 Å². The lowest BCUT2D eigenvalue weighted by molar-refractivity contribution is -0.177. The van der Waals surface area contributed by atoms with Crippen molar-refractivity contribution in [2.45, 2.75) is 71.6 Å². The minimum absolute atomic E-state index is 0.132. The molecule has 0 spiro atoms. The van der Waals surface area contributed by atoms with E-state index in [1.807, 2.05) is 44.2 Å². The van der Waals surface area contributed by atoms with Gasteiger partial charge in [0.15, 0.2) is 0 Å². The van der Waals surface area contributed by atoms with Gasteiger partial charge in [0.2, 0.25) is 0 Å². The van der Waals surface area contributed by atoms with Gasteiger partial charge in [0.1, 0.15) is 11.2 Å². The molecule has 1 fully saturated rings. The number of nitrogens with zero attached hydrogens (tertiary/aromatic N) is 1. The topological polar surface area (TPSA) is 55.8 Å². The third-order valence-electron chi connectivity index (χ3n) is 4.85. The van der Waals surface area contributed by atoms with Crippen molar-refractivity contribution >= 4 is 12.0 Å². The number of carbonyl (C=O) groups excluding carboxylic acids is 2. The van der Waals surface area contributed by atoms with Gasteiger partial charge in [0.05, 0.1) is 12.6 Å². The van der Waals surface area contributed by atoms with E-state index in [4.69, 9.17) is 9.47 Å². The van der Waals surface area contributed by atoms with Crippen LogP contribution in [0.5, 0.6) is 0 Å². The van der Waals surface area contributed by atoms with Gasteiger partial charge >= 0.3 is 6.09 Å². The Morgan fingerprint density at radius 3 is 2.50 bits per heavy atom. The van der Waals surface area contributed by atoms with E-state index < -0.39 is 17.3 Å². The maximum Gasteiger partial charge on any atom is 0.417 e. The summed E-state index contributed by atoms with van der Waals surface area (Å²) in [6, 6.07) is 9.40. The Balaban J connectivity index is 2.31. The second kappa shape index (κ2) is 7.78. The van der Waals surface area contributed by atoms with Crippen molar-refractivity contribution in [3.05, 3.63) is 35.9 Å². The van der Waals surface area contributed by atoms with Crippen molar-refractivity contribution in [2.24, 2.45) is 5.92 Å². The number of imide groups is 1. The predicted molar refractivity (Wildman–Crippen MR) is 101 cm³/mol. The second-order valence-electron chi connectivity index (χ2n) is 8.31. The smallest absolute Gasteiger partial charge is 0.417 e. The fourth-order valence-electron chi connectivity index (χ4n) is 3.14. The molecule has 26 heavy (non-hydrogen) atoms. The van der Waals surface area contributed by atoms with Crippen molar-refractivity contribution in [3.8, 4) is 0 Å². The Bertz CT molecular complexity index is 637. The lowest BCUT2D eigenvalue weighted by Gasteiger charge is -2.45. The standard InChI is InChI=1S/C21H31NO4/c1-7-15(2)17-14-25-21(6,13-16-11-9-8-10-12-16)18(23)22(17)19(24)26-20(3,4)5/h8-12,15,17H,7,13-14H2,1-6H3/t15-,17+,21-/m0/s1. The summed E-state index contributed by atoms with van der Waals surface area (Å²) in [6.45, 7) is 11.6. The van der Waals surface area contributed by atoms with Gasteiger partial charge in [-0.3, -0.25) is 4.79 Å². The molecule has 1 heterocycles. The highest BCUT2D eigenvalue weighted by Crippen LogP contribution is 2.31. The Kier molecular flexibility index (Phi) is 6.12. The van der Waals surface area contributed by atoms with Crippen LogP contribution >= 0.6 is 0 Å². The first kappa shape index (κ1) is 20.4. The molecule has 5 heteroatoms. The van der Waals surface area contributed by atoms with Crippen molar-refractivity contribution in [1.82, 2.24) is 4.90 Å². The van der Waals surface area contributed by atoms with E-state index in [-0.39, 0.29) is 17.9 Å². The lowest BCUT2D eigenvalue weighted by Crippen LogP contribution is -2.64. The third-order valence-corrected chi connectivity index (χ3v) is 4.85. The quantitative estimate of drug-likeness (QED) is 0.807. The van der Waals surface area contributed by atoms with Crippen LogP contribution in [0.2, 0.25) is 0 Å². The van der Waals surface area contributed by atoms with E-state index in [2.05, 4.69) is 0 Å². The zero-order chi connectivity index (χ0) is 19.5. The maximum atomic E-state index is 13.3. The van der Waals surface area contributed by atoms with Crippen molar-refractivity contribution in [3.63, 3.8) is 0 Å². The van der Waals surface area contributed by atoms with Crippen LogP contribution in [0.3, 0.4) is 0 Å². The number of ether oxygens (including phenoxy) is 2. The van der Waals surface area contributed by atoms with Crippen molar-refractivity contribution in [2.75, 3.05) is 6.61 Å². The van der Waals surface area contributed by atoms with E-state index in [1.54, 1.807) is 27.7 Å². The molecule has 5 nitrogen and oxygen atoms in total. The molecule has 1 aliphatic heterocycles. The maximum absolute atomic E-state index is 13.3. The number of benzene rings is 1. The average Bonchev–Trinajstić information content (AvgIpc) is 2.55. The second-order valence-corrected chi connectivity index (χ2v) is 8.31. The molecule has 0 bridgehead atoms. The van der Waals surface area contributed by atoms with Crippen LogP contribution in [0.25, 0.3) is 0 Å². The molecule has 1 aromatic carbocycles. The summed E-state index contributed by atoms with van der Waals surface area (Å²) in [6.07, 6.45) is 0.672. The van der Waals surface area contributed by atoms with Gasteiger partial charge in [0, 0.05) is 6.42 Å². The van der Waals surface area contributed by atoms with Gasteiger partial charge in [-0.25, -0.2) is 9.69 Å². The lowest BCUT2D eigenvalue weighted by atomic mass is 9.89. The largest absolute Gasteiger partial charge is 0.443 e. The van der Waals surface area contributed by atoms with Gasteiger partial charge in [0.25, 0.3) is 5.91 Å². The summed E-state index contributed by atoms with van der Waals surface area (Å²) in [7, 11) is 0. The first-order valence-corrected chi connectivity index (χ1v) is 9.32. The highest BCUT2D eigenvalue weighted by atomic mass is 16.6. The van der Waals surface area contributed by atoms with Gasteiger partial charge in [-0.15, -0.1) is 0 Å². The first-order chi connectivity index (χ1) is 12.1. The highest BCUT2D eigenvalue weighted by molar-refractivity contribution is 5.98. The molecule has 2 rings (SSSR count). The number of hydrogen-bond donors (Lipinski definition) is 0. The molecule has 2 amide bonds.